The third-order valence-corrected chi connectivity index (χ3v) is 4.21. The van der Waals surface area contributed by atoms with Gasteiger partial charge in [0.05, 0.1) is 18.9 Å². The van der Waals surface area contributed by atoms with E-state index in [-0.39, 0.29) is 17.1 Å². The normalized spacial score (nSPS) is 14.5. The Morgan fingerprint density at radius 3 is 2.50 bits per heavy atom. The Morgan fingerprint density at radius 2 is 1.79 bits per heavy atom. The van der Waals surface area contributed by atoms with Crippen LogP contribution in [0.2, 0.25) is 0 Å². The SMILES string of the molecule is O=C(NCCN1CCOCC1)c1cccc(C(=O)Nc2ccc(F)cc2F)n1. The monoisotopic (exact) mass is 390 g/mol. The zero-order chi connectivity index (χ0) is 19.9. The lowest BCUT2D eigenvalue weighted by molar-refractivity contribution is 0.0383. The molecule has 28 heavy (non-hydrogen) atoms. The molecule has 3 rings (SSSR count). The fraction of sp³-hybridized carbons (Fsp3) is 0.316. The molecular weight excluding hydrogens is 370 g/mol. The fourth-order valence-electron chi connectivity index (χ4n) is 2.71. The molecule has 1 fully saturated rings. The molecule has 0 radical (unpaired) electrons. The highest BCUT2D eigenvalue weighted by atomic mass is 19.1. The first-order valence-electron chi connectivity index (χ1n) is 8.85. The molecule has 0 unspecified atom stereocenters. The van der Waals surface area contributed by atoms with E-state index in [1.54, 1.807) is 0 Å². The number of carbonyl (C=O) groups excluding carboxylic acids is 2. The number of halogens is 2. The minimum atomic E-state index is -0.898. The van der Waals surface area contributed by atoms with Gasteiger partial charge in [-0.2, -0.15) is 0 Å². The Hall–Kier alpha value is -2.91. The average Bonchev–Trinajstić information content (AvgIpc) is 2.71. The van der Waals surface area contributed by atoms with Crippen LogP contribution in [0, 0.1) is 11.6 Å². The summed E-state index contributed by atoms with van der Waals surface area (Å²) in [5.74, 6) is -2.75. The Balaban J connectivity index is 1.57. The van der Waals surface area contributed by atoms with Gasteiger partial charge in [-0.1, -0.05) is 6.07 Å². The van der Waals surface area contributed by atoms with Crippen LogP contribution in [0.1, 0.15) is 21.0 Å². The number of nitrogens with one attached hydrogen (secondary N) is 2. The molecule has 1 aliphatic rings. The van der Waals surface area contributed by atoms with Gasteiger partial charge in [0.15, 0.2) is 0 Å². The maximum absolute atomic E-state index is 13.7. The Morgan fingerprint density at radius 1 is 1.07 bits per heavy atom. The number of amides is 2. The largest absolute Gasteiger partial charge is 0.379 e. The number of hydrogen-bond donors (Lipinski definition) is 2. The van der Waals surface area contributed by atoms with Gasteiger partial charge in [-0.3, -0.25) is 14.5 Å². The number of benzene rings is 1. The van der Waals surface area contributed by atoms with E-state index in [1.165, 1.54) is 18.2 Å². The van der Waals surface area contributed by atoms with E-state index >= 15 is 0 Å². The van der Waals surface area contributed by atoms with E-state index in [2.05, 4.69) is 20.5 Å². The van der Waals surface area contributed by atoms with Crippen LogP contribution in [0.25, 0.3) is 0 Å². The van der Waals surface area contributed by atoms with E-state index in [4.69, 9.17) is 4.74 Å². The lowest BCUT2D eigenvalue weighted by atomic mass is 10.2. The second-order valence-electron chi connectivity index (χ2n) is 6.20. The fourth-order valence-corrected chi connectivity index (χ4v) is 2.71. The molecule has 2 heterocycles. The Labute approximate surface area is 160 Å². The van der Waals surface area contributed by atoms with Gasteiger partial charge in [0.25, 0.3) is 11.8 Å². The molecule has 1 aromatic heterocycles. The summed E-state index contributed by atoms with van der Waals surface area (Å²) >= 11 is 0. The summed E-state index contributed by atoms with van der Waals surface area (Å²) in [5.41, 5.74) is -0.146. The van der Waals surface area contributed by atoms with E-state index in [0.29, 0.717) is 32.4 Å². The number of pyridine rings is 1. The smallest absolute Gasteiger partial charge is 0.274 e. The van der Waals surface area contributed by atoms with Gasteiger partial charge in [0.1, 0.15) is 23.0 Å². The van der Waals surface area contributed by atoms with E-state index in [1.807, 2.05) is 0 Å². The van der Waals surface area contributed by atoms with Crippen LogP contribution in [0.4, 0.5) is 14.5 Å². The van der Waals surface area contributed by atoms with Gasteiger partial charge in [-0.15, -0.1) is 0 Å². The van der Waals surface area contributed by atoms with Gasteiger partial charge >= 0.3 is 0 Å². The molecule has 2 amide bonds. The van der Waals surface area contributed by atoms with Crippen molar-refractivity contribution in [1.82, 2.24) is 15.2 Å². The molecule has 0 bridgehead atoms. The van der Waals surface area contributed by atoms with Crippen molar-refractivity contribution in [2.45, 2.75) is 0 Å². The molecule has 9 heteroatoms. The highest BCUT2D eigenvalue weighted by molar-refractivity contribution is 6.03. The summed E-state index contributed by atoms with van der Waals surface area (Å²) in [6.45, 7) is 4.15. The van der Waals surface area contributed by atoms with Crippen molar-refractivity contribution in [1.29, 1.82) is 0 Å². The van der Waals surface area contributed by atoms with Crippen LogP contribution < -0.4 is 10.6 Å². The summed E-state index contributed by atoms with van der Waals surface area (Å²) < 4.78 is 31.9. The third kappa shape index (κ3) is 5.30. The lowest BCUT2D eigenvalue weighted by Crippen LogP contribution is -2.41. The van der Waals surface area contributed by atoms with Crippen LogP contribution in [-0.4, -0.2) is 61.1 Å². The average molecular weight is 390 g/mol. The predicted molar refractivity (Wildman–Crippen MR) is 98.1 cm³/mol. The molecular formula is C19H20F2N4O3. The minimum Gasteiger partial charge on any atom is -0.379 e. The van der Waals surface area contributed by atoms with Crippen molar-refractivity contribution >= 4 is 17.5 Å². The second kappa shape index (κ2) is 9.34. The molecule has 2 N–H and O–H groups in total. The summed E-state index contributed by atoms with van der Waals surface area (Å²) in [7, 11) is 0. The first-order chi connectivity index (χ1) is 13.5. The number of anilines is 1. The summed E-state index contributed by atoms with van der Waals surface area (Å²) in [6.07, 6.45) is 0. The standard InChI is InChI=1S/C19H20F2N4O3/c20-13-4-5-15(14(21)12-13)24-19(27)17-3-1-2-16(23-17)18(26)22-6-7-25-8-10-28-11-9-25/h1-5,12H,6-11H2,(H,22,26)(H,24,27). The second-order valence-corrected chi connectivity index (χ2v) is 6.20. The van der Waals surface area contributed by atoms with Crippen LogP contribution in [0.3, 0.4) is 0 Å². The number of nitrogens with zero attached hydrogens (tertiary/aromatic N) is 2. The van der Waals surface area contributed by atoms with E-state index in [0.717, 1.165) is 25.2 Å². The molecule has 1 aliphatic heterocycles. The molecule has 0 saturated carbocycles. The highest BCUT2D eigenvalue weighted by Gasteiger charge is 2.15. The third-order valence-electron chi connectivity index (χ3n) is 4.21. The topological polar surface area (TPSA) is 83.6 Å². The van der Waals surface area contributed by atoms with Crippen LogP contribution in [-0.2, 0) is 4.74 Å². The zero-order valence-corrected chi connectivity index (χ0v) is 15.1. The van der Waals surface area contributed by atoms with Crippen LogP contribution in [0.5, 0.6) is 0 Å². The molecule has 0 atom stereocenters. The minimum absolute atomic E-state index is 0.0513. The Kier molecular flexibility index (Phi) is 6.62. The maximum atomic E-state index is 13.7. The van der Waals surface area contributed by atoms with Gasteiger partial charge in [0, 0.05) is 32.2 Å². The zero-order valence-electron chi connectivity index (χ0n) is 15.1. The molecule has 7 nitrogen and oxygen atoms in total. The summed E-state index contributed by atoms with van der Waals surface area (Å²) in [5, 5.41) is 5.07. The van der Waals surface area contributed by atoms with Crippen LogP contribution in [0.15, 0.2) is 36.4 Å². The van der Waals surface area contributed by atoms with E-state index < -0.39 is 23.4 Å². The molecule has 0 aliphatic carbocycles. The molecule has 1 aromatic carbocycles. The van der Waals surface area contributed by atoms with Crippen LogP contribution >= 0.6 is 0 Å². The summed E-state index contributed by atoms with van der Waals surface area (Å²) in [4.78, 5) is 30.7. The van der Waals surface area contributed by atoms with E-state index in [9.17, 15) is 18.4 Å². The number of morpholine rings is 1. The summed E-state index contributed by atoms with van der Waals surface area (Å²) in [6, 6.07) is 7.22. The number of carbonyl (C=O) groups is 2. The number of ether oxygens (including phenoxy) is 1. The molecule has 0 spiro atoms. The molecule has 148 valence electrons. The highest BCUT2D eigenvalue weighted by Crippen LogP contribution is 2.15. The van der Waals surface area contributed by atoms with Crippen molar-refractivity contribution < 1.29 is 23.1 Å². The number of aromatic nitrogens is 1. The molecule has 1 saturated heterocycles. The lowest BCUT2D eigenvalue weighted by Gasteiger charge is -2.26. The first-order valence-corrected chi connectivity index (χ1v) is 8.85. The van der Waals surface area contributed by atoms with Crippen molar-refractivity contribution in [2.75, 3.05) is 44.7 Å². The van der Waals surface area contributed by atoms with Crippen molar-refractivity contribution in [3.05, 3.63) is 59.4 Å². The van der Waals surface area contributed by atoms with Gasteiger partial charge in [-0.05, 0) is 24.3 Å². The quantitative estimate of drug-likeness (QED) is 0.784. The van der Waals surface area contributed by atoms with Crippen molar-refractivity contribution in [3.63, 3.8) is 0 Å². The first kappa shape index (κ1) is 19.8. The van der Waals surface area contributed by atoms with Gasteiger partial charge in [-0.25, -0.2) is 13.8 Å². The Bertz CT molecular complexity index is 857. The van der Waals surface area contributed by atoms with Crippen molar-refractivity contribution in [2.24, 2.45) is 0 Å². The maximum Gasteiger partial charge on any atom is 0.274 e. The molecule has 2 aromatic rings. The predicted octanol–water partition coefficient (Wildman–Crippen LogP) is 1.67. The number of rotatable bonds is 6. The number of hydrogen-bond acceptors (Lipinski definition) is 5. The van der Waals surface area contributed by atoms with Gasteiger partial charge < -0.3 is 15.4 Å². The van der Waals surface area contributed by atoms with Gasteiger partial charge in [0.2, 0.25) is 0 Å². The van der Waals surface area contributed by atoms with Crippen molar-refractivity contribution in [3.8, 4) is 0 Å².